The summed E-state index contributed by atoms with van der Waals surface area (Å²) < 4.78 is 20.1. The van der Waals surface area contributed by atoms with Gasteiger partial charge in [0.05, 0.1) is 22.3 Å². The first-order chi connectivity index (χ1) is 18.1. The SMILES string of the molecule is C[Si](C)(C)c1cc2ccccc2c2c1op(Oc1cccnc1)oc1c([Si](C)(C)C)cc3ccccc3c12. The van der Waals surface area contributed by atoms with E-state index in [0.717, 1.165) is 21.9 Å². The van der Waals surface area contributed by atoms with Crippen molar-refractivity contribution in [3.8, 4) is 5.75 Å². The van der Waals surface area contributed by atoms with E-state index in [9.17, 15) is 0 Å². The smallest absolute Gasteiger partial charge is 0.390 e. The zero-order valence-corrected chi connectivity index (χ0v) is 25.6. The number of nitrogens with zero attached hydrogens (tertiary/aromatic N) is 1. The van der Waals surface area contributed by atoms with Crippen LogP contribution in [0.4, 0.5) is 0 Å². The van der Waals surface area contributed by atoms with E-state index in [-0.39, 0.29) is 0 Å². The quantitative estimate of drug-likeness (QED) is 0.205. The molecule has 0 saturated carbocycles. The van der Waals surface area contributed by atoms with Crippen LogP contribution in [0.15, 0.2) is 93.6 Å². The summed E-state index contributed by atoms with van der Waals surface area (Å²) in [5.74, 6) is 0.634. The molecule has 6 aromatic rings. The fraction of sp³-hybridized carbons (Fsp3) is 0.194. The Morgan fingerprint density at radius 1 is 0.658 bits per heavy atom. The van der Waals surface area contributed by atoms with Crippen LogP contribution in [0, 0.1) is 0 Å². The molecule has 0 amide bonds. The van der Waals surface area contributed by atoms with Gasteiger partial charge in [-0.1, -0.05) is 99.9 Å². The van der Waals surface area contributed by atoms with Crippen LogP contribution in [-0.4, -0.2) is 21.1 Å². The number of hydrogen-bond donors (Lipinski definition) is 0. The number of aromatic nitrogens is 1. The predicted molar refractivity (Wildman–Crippen MR) is 168 cm³/mol. The van der Waals surface area contributed by atoms with Gasteiger partial charge in [-0.25, -0.2) is 0 Å². The first-order valence-corrected chi connectivity index (χ1v) is 21.1. The van der Waals surface area contributed by atoms with Crippen LogP contribution >= 0.6 is 8.24 Å². The molecular formula is C31H32NO3PSi2. The van der Waals surface area contributed by atoms with Gasteiger partial charge in [-0.15, -0.1) is 0 Å². The van der Waals surface area contributed by atoms with Gasteiger partial charge < -0.3 is 12.9 Å². The van der Waals surface area contributed by atoms with Gasteiger partial charge in [0, 0.05) is 17.0 Å². The summed E-state index contributed by atoms with van der Waals surface area (Å²) in [6, 6.07) is 25.7. The summed E-state index contributed by atoms with van der Waals surface area (Å²) in [6.07, 6.45) is 3.45. The molecule has 0 atom stereocenters. The molecule has 4 nitrogen and oxygen atoms in total. The van der Waals surface area contributed by atoms with Gasteiger partial charge in [-0.05, 0) is 44.1 Å². The van der Waals surface area contributed by atoms with E-state index in [1.165, 1.54) is 31.9 Å². The maximum atomic E-state index is 6.87. The van der Waals surface area contributed by atoms with Crippen LogP contribution in [0.5, 0.6) is 5.75 Å². The molecule has 2 heterocycles. The molecular weight excluding hydrogens is 521 g/mol. The van der Waals surface area contributed by atoms with Gasteiger partial charge in [0.15, 0.2) is 5.75 Å². The second-order valence-electron chi connectivity index (χ2n) is 11.9. The minimum absolute atomic E-state index is 0.634. The number of rotatable bonds is 4. The summed E-state index contributed by atoms with van der Waals surface area (Å²) >= 11 is 0. The lowest BCUT2D eigenvalue weighted by atomic mass is 9.98. The van der Waals surface area contributed by atoms with Crippen molar-refractivity contribution in [3.63, 3.8) is 0 Å². The Balaban J connectivity index is 1.95. The highest BCUT2D eigenvalue weighted by atomic mass is 31.1. The molecule has 192 valence electrons. The van der Waals surface area contributed by atoms with Crippen LogP contribution in [-0.2, 0) is 0 Å². The van der Waals surface area contributed by atoms with E-state index >= 15 is 0 Å². The minimum atomic E-state index is -1.84. The third kappa shape index (κ3) is 4.37. The Hall–Kier alpha value is -3.32. The van der Waals surface area contributed by atoms with Crippen LogP contribution in [0.25, 0.3) is 43.5 Å². The van der Waals surface area contributed by atoms with Gasteiger partial charge in [0.2, 0.25) is 0 Å². The molecule has 0 fully saturated rings. The summed E-state index contributed by atoms with van der Waals surface area (Å²) in [4.78, 5) is 4.25. The van der Waals surface area contributed by atoms with Crippen molar-refractivity contribution in [3.05, 3.63) is 85.2 Å². The lowest BCUT2D eigenvalue weighted by molar-refractivity contribution is 0.498. The van der Waals surface area contributed by atoms with Gasteiger partial charge in [0.25, 0.3) is 0 Å². The van der Waals surface area contributed by atoms with Crippen LogP contribution < -0.4 is 14.9 Å². The van der Waals surface area contributed by atoms with Crippen molar-refractivity contribution in [1.82, 2.24) is 4.98 Å². The third-order valence-corrected chi connectivity index (χ3v) is 12.0. The largest absolute Gasteiger partial charge is 0.453 e. The van der Waals surface area contributed by atoms with Gasteiger partial charge in [-0.3, -0.25) is 4.98 Å². The van der Waals surface area contributed by atoms with Crippen LogP contribution in [0.2, 0.25) is 39.3 Å². The number of benzene rings is 4. The molecule has 0 radical (unpaired) electrons. The first kappa shape index (κ1) is 25.0. The highest BCUT2D eigenvalue weighted by Gasteiger charge is 2.28. The summed E-state index contributed by atoms with van der Waals surface area (Å²) in [6.45, 7) is 14.2. The van der Waals surface area contributed by atoms with E-state index in [4.69, 9.17) is 12.9 Å². The molecule has 0 saturated heterocycles. The molecule has 4 aromatic carbocycles. The van der Waals surface area contributed by atoms with Crippen molar-refractivity contribution in [2.75, 3.05) is 0 Å². The predicted octanol–water partition coefficient (Wildman–Crippen LogP) is 8.92. The fourth-order valence-corrected chi connectivity index (χ4v) is 9.28. The number of fused-ring (bicyclic) bond motifs is 7. The van der Waals surface area contributed by atoms with Gasteiger partial charge >= 0.3 is 8.24 Å². The Morgan fingerprint density at radius 3 is 1.61 bits per heavy atom. The summed E-state index contributed by atoms with van der Waals surface area (Å²) in [5.41, 5.74) is 1.80. The molecule has 0 unspecified atom stereocenters. The highest BCUT2D eigenvalue weighted by Crippen LogP contribution is 2.41. The zero-order chi connectivity index (χ0) is 26.7. The van der Waals surface area contributed by atoms with Crippen molar-refractivity contribution in [1.29, 1.82) is 0 Å². The molecule has 0 bridgehead atoms. The lowest BCUT2D eigenvalue weighted by Crippen LogP contribution is -2.38. The van der Waals surface area contributed by atoms with E-state index < -0.39 is 24.4 Å². The lowest BCUT2D eigenvalue weighted by Gasteiger charge is -2.20. The van der Waals surface area contributed by atoms with Crippen LogP contribution in [0.1, 0.15) is 0 Å². The Bertz CT molecular complexity index is 1750. The number of hydrogen-bond acceptors (Lipinski definition) is 4. The minimum Gasteiger partial charge on any atom is -0.390 e. The second-order valence-corrected chi connectivity index (χ2v) is 23.0. The molecule has 38 heavy (non-hydrogen) atoms. The molecule has 0 aliphatic rings. The molecule has 0 aliphatic carbocycles. The van der Waals surface area contributed by atoms with E-state index in [1.54, 1.807) is 12.4 Å². The third-order valence-electron chi connectivity index (χ3n) is 7.02. The van der Waals surface area contributed by atoms with Crippen molar-refractivity contribution < 1.29 is 12.9 Å². The van der Waals surface area contributed by atoms with Gasteiger partial charge in [0.1, 0.15) is 11.2 Å². The average molecular weight is 554 g/mol. The van der Waals surface area contributed by atoms with E-state index in [2.05, 4.69) is 105 Å². The molecule has 0 N–H and O–H groups in total. The average Bonchev–Trinajstić information content (AvgIpc) is 3.04. The topological polar surface area (TPSA) is 48.4 Å². The standard InChI is InChI=1S/C31H32NO3PSi2/c1-37(2,3)26-18-21-12-7-9-15-24(21)28-29-25-16-10-8-13-22(25)19-27(38(4,5)6)31(29)35-36(34-30(26)28)33-23-14-11-17-32-20-23/h7-20H,1-6H3. The zero-order valence-electron chi connectivity index (χ0n) is 22.7. The monoisotopic (exact) mass is 553 g/mol. The van der Waals surface area contributed by atoms with Crippen molar-refractivity contribution in [2.45, 2.75) is 39.3 Å². The molecule has 0 spiro atoms. The van der Waals surface area contributed by atoms with E-state index in [0.29, 0.717) is 5.75 Å². The molecule has 7 heteroatoms. The van der Waals surface area contributed by atoms with Crippen molar-refractivity contribution >= 4 is 78.2 Å². The highest BCUT2D eigenvalue weighted by molar-refractivity contribution is 7.32. The second kappa shape index (κ2) is 9.16. The van der Waals surface area contributed by atoms with Gasteiger partial charge in [-0.2, -0.15) is 0 Å². The Morgan fingerprint density at radius 2 is 1.16 bits per heavy atom. The van der Waals surface area contributed by atoms with Crippen LogP contribution in [0.3, 0.4) is 0 Å². The Labute approximate surface area is 225 Å². The maximum absolute atomic E-state index is 6.87. The van der Waals surface area contributed by atoms with E-state index in [1.807, 2.05) is 12.1 Å². The Kier molecular flexibility index (Phi) is 6.02. The maximum Gasteiger partial charge on any atom is 0.453 e. The summed E-state index contributed by atoms with van der Waals surface area (Å²) in [7, 11) is -5.47. The molecule has 2 aromatic heterocycles. The summed E-state index contributed by atoms with van der Waals surface area (Å²) in [5, 5.41) is 9.56. The molecule has 6 rings (SSSR count). The number of pyridine rings is 1. The molecule has 0 aliphatic heterocycles. The first-order valence-electron chi connectivity index (χ1n) is 13.0. The fourth-order valence-electron chi connectivity index (χ4n) is 5.15. The van der Waals surface area contributed by atoms with Crippen molar-refractivity contribution in [2.24, 2.45) is 0 Å². The normalized spacial score (nSPS) is 12.5.